The highest BCUT2D eigenvalue weighted by Crippen LogP contribution is 2.27. The number of anilines is 1. The summed E-state index contributed by atoms with van der Waals surface area (Å²) in [6, 6.07) is 2.17. The van der Waals surface area contributed by atoms with E-state index in [1.54, 1.807) is 16.9 Å². The number of nitrogens with zero attached hydrogens (tertiary/aromatic N) is 3. The molecule has 1 aliphatic rings. The van der Waals surface area contributed by atoms with Crippen molar-refractivity contribution in [3.05, 3.63) is 12.3 Å². The second-order valence-corrected chi connectivity index (χ2v) is 5.44. The number of hydrogen-bond donors (Lipinski definition) is 1. The van der Waals surface area contributed by atoms with Crippen LogP contribution in [0.25, 0.3) is 0 Å². The molecule has 1 saturated carbocycles. The molecule has 1 aliphatic carbocycles. The van der Waals surface area contributed by atoms with Gasteiger partial charge in [0.15, 0.2) is 0 Å². The van der Waals surface area contributed by atoms with Crippen molar-refractivity contribution in [3.63, 3.8) is 0 Å². The zero-order chi connectivity index (χ0) is 13.1. The fraction of sp³-hybridized carbons (Fsp3) is 0.692. The number of carbonyl (C=O) groups is 1. The molecule has 1 amide bonds. The first-order valence-electron chi connectivity index (χ1n) is 6.64. The quantitative estimate of drug-likeness (QED) is 0.832. The first kappa shape index (κ1) is 12.9. The number of nitrogen functional groups attached to an aromatic ring is 1. The second kappa shape index (κ2) is 5.42. The molecule has 0 aliphatic heterocycles. The predicted octanol–water partition coefficient (Wildman–Crippen LogP) is 1.50. The molecule has 0 bridgehead atoms. The average molecular weight is 250 g/mol. The molecule has 100 valence electrons. The fourth-order valence-corrected chi connectivity index (χ4v) is 1.99. The van der Waals surface area contributed by atoms with Gasteiger partial charge in [-0.05, 0) is 31.2 Å². The molecule has 0 saturated heterocycles. The van der Waals surface area contributed by atoms with E-state index < -0.39 is 0 Å². The fourth-order valence-electron chi connectivity index (χ4n) is 1.99. The van der Waals surface area contributed by atoms with Gasteiger partial charge in [0.2, 0.25) is 5.91 Å². The lowest BCUT2D eigenvalue weighted by molar-refractivity contribution is -0.132. The smallest absolute Gasteiger partial charge is 0.244 e. The van der Waals surface area contributed by atoms with Crippen molar-refractivity contribution >= 4 is 11.7 Å². The summed E-state index contributed by atoms with van der Waals surface area (Å²) in [5.41, 5.74) is 5.54. The predicted molar refractivity (Wildman–Crippen MR) is 70.8 cm³/mol. The van der Waals surface area contributed by atoms with E-state index in [2.05, 4.69) is 18.9 Å². The van der Waals surface area contributed by atoms with Crippen molar-refractivity contribution in [2.24, 2.45) is 5.92 Å². The summed E-state index contributed by atoms with van der Waals surface area (Å²) in [6.07, 6.45) is 5.10. The van der Waals surface area contributed by atoms with Gasteiger partial charge in [0.05, 0.1) is 0 Å². The lowest BCUT2D eigenvalue weighted by Crippen LogP contribution is -2.37. The van der Waals surface area contributed by atoms with Crippen molar-refractivity contribution in [1.29, 1.82) is 0 Å². The Morgan fingerprint density at radius 2 is 2.33 bits per heavy atom. The van der Waals surface area contributed by atoms with Crippen LogP contribution in [0, 0.1) is 5.92 Å². The summed E-state index contributed by atoms with van der Waals surface area (Å²) in [7, 11) is 0. The first-order chi connectivity index (χ1) is 8.56. The van der Waals surface area contributed by atoms with Gasteiger partial charge in [-0.3, -0.25) is 9.48 Å². The van der Waals surface area contributed by atoms with Gasteiger partial charge in [0.1, 0.15) is 12.4 Å². The van der Waals surface area contributed by atoms with Gasteiger partial charge >= 0.3 is 0 Å². The number of amides is 1. The van der Waals surface area contributed by atoms with Crippen LogP contribution >= 0.6 is 0 Å². The summed E-state index contributed by atoms with van der Waals surface area (Å²) < 4.78 is 1.61. The van der Waals surface area contributed by atoms with E-state index in [0.29, 0.717) is 24.3 Å². The normalized spacial score (nSPS) is 15.1. The standard InChI is InChI=1S/C13H22N4O/c1-10(2)5-8-17(11-3-4-11)13(18)9-16-7-6-12(14)15-16/h6-7,10-11H,3-5,8-9H2,1-2H3,(H2,14,15). The topological polar surface area (TPSA) is 64.2 Å². The third-order valence-electron chi connectivity index (χ3n) is 3.21. The maximum absolute atomic E-state index is 12.2. The van der Waals surface area contributed by atoms with Crippen LogP contribution in [0.2, 0.25) is 0 Å². The van der Waals surface area contributed by atoms with Crippen molar-refractivity contribution in [3.8, 4) is 0 Å². The Hall–Kier alpha value is -1.52. The third kappa shape index (κ3) is 3.48. The van der Waals surface area contributed by atoms with Crippen molar-refractivity contribution < 1.29 is 4.79 Å². The van der Waals surface area contributed by atoms with Crippen LogP contribution in [0.4, 0.5) is 5.82 Å². The Kier molecular flexibility index (Phi) is 3.89. The van der Waals surface area contributed by atoms with E-state index in [0.717, 1.165) is 25.8 Å². The maximum Gasteiger partial charge on any atom is 0.244 e. The molecule has 1 heterocycles. The Morgan fingerprint density at radius 1 is 1.61 bits per heavy atom. The largest absolute Gasteiger partial charge is 0.382 e. The molecule has 1 aromatic rings. The number of rotatable bonds is 6. The molecule has 1 aromatic heterocycles. The van der Waals surface area contributed by atoms with Gasteiger partial charge < -0.3 is 10.6 Å². The van der Waals surface area contributed by atoms with E-state index in [1.807, 2.05) is 4.90 Å². The van der Waals surface area contributed by atoms with Crippen molar-refractivity contribution in [2.45, 2.75) is 45.7 Å². The summed E-state index contributed by atoms with van der Waals surface area (Å²) in [4.78, 5) is 14.3. The monoisotopic (exact) mass is 250 g/mol. The van der Waals surface area contributed by atoms with Crippen LogP contribution in [0.1, 0.15) is 33.1 Å². The molecular formula is C13H22N4O. The van der Waals surface area contributed by atoms with Crippen LogP contribution < -0.4 is 5.73 Å². The van der Waals surface area contributed by atoms with Crippen molar-refractivity contribution in [2.75, 3.05) is 12.3 Å². The minimum absolute atomic E-state index is 0.154. The van der Waals surface area contributed by atoms with Crippen LogP contribution in [0.15, 0.2) is 12.3 Å². The molecule has 0 unspecified atom stereocenters. The van der Waals surface area contributed by atoms with Crippen LogP contribution in [0.3, 0.4) is 0 Å². The highest BCUT2D eigenvalue weighted by Gasteiger charge is 2.32. The summed E-state index contributed by atoms with van der Waals surface area (Å²) >= 11 is 0. The molecule has 5 heteroatoms. The lowest BCUT2D eigenvalue weighted by Gasteiger charge is -2.23. The van der Waals surface area contributed by atoms with Gasteiger partial charge in [-0.15, -0.1) is 0 Å². The molecule has 1 fully saturated rings. The molecule has 5 nitrogen and oxygen atoms in total. The van der Waals surface area contributed by atoms with E-state index in [1.165, 1.54) is 0 Å². The first-order valence-corrected chi connectivity index (χ1v) is 6.64. The minimum atomic E-state index is 0.154. The maximum atomic E-state index is 12.2. The Balaban J connectivity index is 1.91. The van der Waals surface area contributed by atoms with Gasteiger partial charge in [-0.1, -0.05) is 13.8 Å². The Morgan fingerprint density at radius 3 is 2.83 bits per heavy atom. The lowest BCUT2D eigenvalue weighted by atomic mass is 10.1. The number of carbonyl (C=O) groups excluding carboxylic acids is 1. The molecule has 0 atom stereocenters. The summed E-state index contributed by atoms with van der Waals surface area (Å²) in [6.45, 7) is 5.53. The second-order valence-electron chi connectivity index (χ2n) is 5.44. The number of nitrogens with two attached hydrogens (primary N) is 1. The Labute approximate surface area is 108 Å². The van der Waals surface area contributed by atoms with E-state index >= 15 is 0 Å². The highest BCUT2D eigenvalue weighted by atomic mass is 16.2. The number of aromatic nitrogens is 2. The van der Waals surface area contributed by atoms with Crippen LogP contribution in [-0.2, 0) is 11.3 Å². The van der Waals surface area contributed by atoms with E-state index in [9.17, 15) is 4.79 Å². The molecule has 0 radical (unpaired) electrons. The van der Waals surface area contributed by atoms with Gasteiger partial charge in [0, 0.05) is 18.8 Å². The SMILES string of the molecule is CC(C)CCN(C(=O)Cn1ccc(N)n1)C1CC1. The molecule has 2 rings (SSSR count). The highest BCUT2D eigenvalue weighted by molar-refractivity contribution is 5.76. The summed E-state index contributed by atoms with van der Waals surface area (Å²) in [5.74, 6) is 1.24. The van der Waals surface area contributed by atoms with Crippen LogP contribution in [-0.4, -0.2) is 33.2 Å². The number of hydrogen-bond acceptors (Lipinski definition) is 3. The molecule has 2 N–H and O–H groups in total. The minimum Gasteiger partial charge on any atom is -0.382 e. The average Bonchev–Trinajstić information content (AvgIpc) is 3.03. The summed E-state index contributed by atoms with van der Waals surface area (Å²) in [5, 5.41) is 4.05. The zero-order valence-electron chi connectivity index (χ0n) is 11.2. The van der Waals surface area contributed by atoms with E-state index in [-0.39, 0.29) is 5.91 Å². The van der Waals surface area contributed by atoms with Gasteiger partial charge in [-0.25, -0.2) is 0 Å². The molecule has 0 aromatic carbocycles. The third-order valence-corrected chi connectivity index (χ3v) is 3.21. The molecule has 18 heavy (non-hydrogen) atoms. The Bertz CT molecular complexity index is 409. The molecule has 0 spiro atoms. The zero-order valence-corrected chi connectivity index (χ0v) is 11.2. The van der Waals surface area contributed by atoms with Gasteiger partial charge in [0.25, 0.3) is 0 Å². The van der Waals surface area contributed by atoms with Crippen molar-refractivity contribution in [1.82, 2.24) is 14.7 Å². The van der Waals surface area contributed by atoms with Gasteiger partial charge in [-0.2, -0.15) is 5.10 Å². The van der Waals surface area contributed by atoms with Crippen LogP contribution in [0.5, 0.6) is 0 Å². The van der Waals surface area contributed by atoms with E-state index in [4.69, 9.17) is 5.73 Å². The molecular weight excluding hydrogens is 228 g/mol.